The molecule has 0 aromatic rings. The van der Waals surface area contributed by atoms with Gasteiger partial charge in [0.2, 0.25) is 0 Å². The van der Waals surface area contributed by atoms with Crippen LogP contribution in [0.25, 0.3) is 0 Å². The maximum Gasteiger partial charge on any atom is 0.692 e. The lowest BCUT2D eigenvalue weighted by atomic mass is 10.7. The van der Waals surface area contributed by atoms with E-state index in [0.717, 1.165) is 26.2 Å². The largest absolute Gasteiger partial charge is 0.692 e. The summed E-state index contributed by atoms with van der Waals surface area (Å²) in [6.45, 7) is 12.8. The van der Waals surface area contributed by atoms with Crippen LogP contribution in [0, 0.1) is 0 Å². The summed E-state index contributed by atoms with van der Waals surface area (Å²) >= 11 is 0. The van der Waals surface area contributed by atoms with E-state index in [9.17, 15) is 0 Å². The van der Waals surface area contributed by atoms with Crippen LogP contribution in [0.3, 0.4) is 0 Å². The molecular weight excluding hydrogens is 203 g/mol. The number of hydrogen-bond acceptors (Lipinski definition) is 3. The van der Waals surface area contributed by atoms with Gasteiger partial charge in [0.05, 0.1) is 0 Å². The van der Waals surface area contributed by atoms with Crippen LogP contribution in [0.2, 0.25) is 0 Å². The van der Waals surface area contributed by atoms with Crippen LogP contribution in [-0.4, -0.2) is 36.0 Å². The van der Waals surface area contributed by atoms with Gasteiger partial charge >= 0.3 is 8.25 Å². The fourth-order valence-corrected chi connectivity index (χ4v) is 0.500. The Balaban J connectivity index is -0.000000131. The van der Waals surface area contributed by atoms with Crippen molar-refractivity contribution in [2.45, 2.75) is 27.7 Å². The lowest BCUT2D eigenvalue weighted by Gasteiger charge is -1.86. The van der Waals surface area contributed by atoms with E-state index in [2.05, 4.69) is 38.3 Å². The van der Waals surface area contributed by atoms with E-state index < -0.39 is 8.25 Å². The van der Waals surface area contributed by atoms with Gasteiger partial charge < -0.3 is 10.6 Å². The monoisotopic (exact) mass is 227 g/mol. The third kappa shape index (κ3) is 92.1. The average molecular weight is 227 g/mol. The third-order valence-electron chi connectivity index (χ3n) is 1.000. The molecule has 14 heavy (non-hydrogen) atoms. The van der Waals surface area contributed by atoms with Crippen LogP contribution in [0.4, 0.5) is 0 Å². The second-order valence-electron chi connectivity index (χ2n) is 2.17. The van der Waals surface area contributed by atoms with Crippen LogP contribution < -0.4 is 10.6 Å². The van der Waals surface area contributed by atoms with Gasteiger partial charge in [0.1, 0.15) is 0 Å². The Hall–Kier alpha value is -0.0600. The molecule has 0 saturated carbocycles. The number of rotatable bonds is 4. The molecule has 0 aliphatic heterocycles. The molecule has 0 heterocycles. The Morgan fingerprint density at radius 3 is 1.00 bits per heavy atom. The Kier molecular flexibility index (Phi) is 32.2. The van der Waals surface area contributed by atoms with Crippen LogP contribution >= 0.6 is 8.25 Å². The van der Waals surface area contributed by atoms with Gasteiger partial charge in [-0.15, -0.1) is 9.79 Å². The van der Waals surface area contributed by atoms with Crippen molar-refractivity contribution in [3.8, 4) is 0 Å². The molecule has 0 aromatic heterocycles. The highest BCUT2D eigenvalue weighted by Gasteiger charge is 1.93. The van der Waals surface area contributed by atoms with Gasteiger partial charge in [-0.3, -0.25) is 0 Å². The molecule has 0 aliphatic carbocycles. The van der Waals surface area contributed by atoms with Crippen molar-refractivity contribution in [2.24, 2.45) is 0 Å². The van der Waals surface area contributed by atoms with Crippen LogP contribution in [-0.2, 0) is 4.57 Å². The molecule has 0 rings (SSSR count). The van der Waals surface area contributed by atoms with E-state index in [-0.39, 0.29) is 0 Å². The molecule has 88 valence electrons. The summed E-state index contributed by atoms with van der Waals surface area (Å²) in [6.07, 6.45) is 0. The second kappa shape index (κ2) is 23.1. The van der Waals surface area contributed by atoms with Gasteiger partial charge in [-0.1, -0.05) is 27.7 Å². The lowest BCUT2D eigenvalue weighted by Crippen LogP contribution is -2.09. The first-order valence-electron chi connectivity index (χ1n) is 4.83. The zero-order valence-electron chi connectivity index (χ0n) is 9.58. The molecule has 0 bridgehead atoms. The Morgan fingerprint density at radius 1 is 0.857 bits per heavy atom. The molecular formula is C8H24N2O3P+. The van der Waals surface area contributed by atoms with E-state index >= 15 is 0 Å². The summed E-state index contributed by atoms with van der Waals surface area (Å²) in [4.78, 5) is 14.2. The van der Waals surface area contributed by atoms with Gasteiger partial charge in [-0.05, 0) is 26.2 Å². The first-order valence-corrected chi connectivity index (χ1v) is 5.99. The first-order chi connectivity index (χ1) is 6.56. The van der Waals surface area contributed by atoms with Crippen LogP contribution in [0.15, 0.2) is 0 Å². The van der Waals surface area contributed by atoms with E-state index in [0.29, 0.717) is 0 Å². The van der Waals surface area contributed by atoms with Crippen LogP contribution in [0.1, 0.15) is 27.7 Å². The topological polar surface area (TPSA) is 81.6 Å². The molecule has 0 amide bonds. The predicted octanol–water partition coefficient (Wildman–Crippen LogP) is 0.860. The standard InChI is InChI=1S/2C4H11N.HO3P/c2*1-3-5-4-2;1-4(2)3/h2*5H,3-4H2,1-2H3;(H-,1,2,3)/p+1. The zero-order valence-corrected chi connectivity index (χ0v) is 10.5. The fourth-order valence-electron chi connectivity index (χ4n) is 0.500. The van der Waals surface area contributed by atoms with Crippen molar-refractivity contribution in [3.63, 3.8) is 0 Å². The second-order valence-corrected chi connectivity index (χ2v) is 2.67. The van der Waals surface area contributed by atoms with Crippen molar-refractivity contribution in [1.29, 1.82) is 0 Å². The molecule has 0 aromatic carbocycles. The maximum absolute atomic E-state index is 8.70. The highest BCUT2D eigenvalue weighted by Crippen LogP contribution is 1.98. The molecule has 0 radical (unpaired) electrons. The van der Waals surface area contributed by atoms with E-state index in [4.69, 9.17) is 14.4 Å². The lowest BCUT2D eigenvalue weighted by molar-refractivity contribution is 0.405. The zero-order chi connectivity index (χ0) is 11.8. The van der Waals surface area contributed by atoms with Gasteiger partial charge in [0.15, 0.2) is 0 Å². The molecule has 0 unspecified atom stereocenters. The summed E-state index contributed by atoms with van der Waals surface area (Å²) in [7, 11) is -2.87. The molecule has 6 heteroatoms. The van der Waals surface area contributed by atoms with E-state index in [1.165, 1.54) is 0 Å². The van der Waals surface area contributed by atoms with Gasteiger partial charge in [0.25, 0.3) is 0 Å². The molecule has 0 aliphatic rings. The maximum atomic E-state index is 8.70. The van der Waals surface area contributed by atoms with E-state index in [1.807, 2.05) is 0 Å². The van der Waals surface area contributed by atoms with Crippen molar-refractivity contribution >= 4 is 8.25 Å². The van der Waals surface area contributed by atoms with Crippen molar-refractivity contribution in [3.05, 3.63) is 0 Å². The Bertz CT molecular complexity index is 90.6. The minimum Gasteiger partial charge on any atom is -0.317 e. The van der Waals surface area contributed by atoms with Crippen LogP contribution in [0.5, 0.6) is 0 Å². The highest BCUT2D eigenvalue weighted by atomic mass is 31.1. The minimum absolute atomic E-state index is 1.09. The Labute approximate surface area is 87.9 Å². The summed E-state index contributed by atoms with van der Waals surface area (Å²) in [5.74, 6) is 0. The van der Waals surface area contributed by atoms with E-state index in [1.54, 1.807) is 0 Å². The SMILES string of the molecule is CCNCC.CCNCC.O=[P+](O)O. The molecule has 0 saturated heterocycles. The first kappa shape index (κ1) is 19.5. The highest BCUT2D eigenvalue weighted by molar-refractivity contribution is 7.30. The Morgan fingerprint density at radius 2 is 1.00 bits per heavy atom. The van der Waals surface area contributed by atoms with Crippen molar-refractivity contribution in [1.82, 2.24) is 10.6 Å². The summed E-state index contributed by atoms with van der Waals surface area (Å²) in [6, 6.07) is 0. The van der Waals surface area contributed by atoms with Gasteiger partial charge in [0, 0.05) is 4.57 Å². The average Bonchev–Trinajstić information content (AvgIpc) is 2.07. The number of nitrogens with one attached hydrogen (secondary N) is 2. The molecule has 0 atom stereocenters. The molecule has 5 nitrogen and oxygen atoms in total. The molecule has 0 fully saturated rings. The summed E-state index contributed by atoms with van der Waals surface area (Å²) in [5.41, 5.74) is 0. The predicted molar refractivity (Wildman–Crippen MR) is 60.5 cm³/mol. The summed E-state index contributed by atoms with van der Waals surface area (Å²) in [5, 5.41) is 6.22. The summed E-state index contributed by atoms with van der Waals surface area (Å²) < 4.78 is 8.70. The fraction of sp³-hybridized carbons (Fsp3) is 1.00. The molecule has 0 spiro atoms. The minimum atomic E-state index is -2.87. The van der Waals surface area contributed by atoms with Gasteiger partial charge in [-0.25, -0.2) is 0 Å². The third-order valence-corrected chi connectivity index (χ3v) is 1.000. The van der Waals surface area contributed by atoms with Crippen molar-refractivity contribution < 1.29 is 14.4 Å². The quantitative estimate of drug-likeness (QED) is 0.535. The molecule has 4 N–H and O–H groups in total. The van der Waals surface area contributed by atoms with Gasteiger partial charge in [-0.2, -0.15) is 0 Å². The smallest absolute Gasteiger partial charge is 0.317 e. The van der Waals surface area contributed by atoms with Crippen molar-refractivity contribution in [2.75, 3.05) is 26.2 Å². The normalized spacial score (nSPS) is 7.86. The number of hydrogen-bond donors (Lipinski definition) is 4.